The summed E-state index contributed by atoms with van der Waals surface area (Å²) in [5.74, 6) is 0.216. The summed E-state index contributed by atoms with van der Waals surface area (Å²) in [6, 6.07) is 11.2. The molecule has 0 bridgehead atoms. The van der Waals surface area contributed by atoms with Crippen molar-refractivity contribution in [3.05, 3.63) is 64.1 Å². The summed E-state index contributed by atoms with van der Waals surface area (Å²) in [7, 11) is 0. The third-order valence-electron chi connectivity index (χ3n) is 4.28. The van der Waals surface area contributed by atoms with Gasteiger partial charge in [-0.3, -0.25) is 9.59 Å². The number of hydrogen-bond donors (Lipinski definition) is 2. The molecule has 0 spiro atoms. The minimum Gasteiger partial charge on any atom is -0.328 e. The Morgan fingerprint density at radius 3 is 2.68 bits per heavy atom. The fraction of sp³-hybridized carbons (Fsp3) is 0.333. The number of pyridine rings is 1. The first-order valence-electron chi connectivity index (χ1n) is 7.83. The molecule has 3 rings (SSSR count). The van der Waals surface area contributed by atoms with Crippen molar-refractivity contribution in [3.63, 3.8) is 0 Å². The topological polar surface area (TPSA) is 62.0 Å². The molecule has 0 saturated heterocycles. The zero-order valence-corrected chi connectivity index (χ0v) is 12.5. The van der Waals surface area contributed by atoms with E-state index in [0.29, 0.717) is 5.92 Å². The zero-order chi connectivity index (χ0) is 15.4. The van der Waals surface area contributed by atoms with Crippen molar-refractivity contribution in [2.75, 3.05) is 5.32 Å². The third kappa shape index (κ3) is 3.27. The van der Waals surface area contributed by atoms with Crippen molar-refractivity contribution in [3.8, 4) is 0 Å². The molecule has 22 heavy (non-hydrogen) atoms. The van der Waals surface area contributed by atoms with Crippen LogP contribution in [0.5, 0.6) is 0 Å². The molecule has 4 nitrogen and oxygen atoms in total. The lowest BCUT2D eigenvalue weighted by Crippen LogP contribution is -2.22. The molecule has 1 heterocycles. The van der Waals surface area contributed by atoms with Crippen LogP contribution in [-0.4, -0.2) is 10.9 Å². The number of carbonyl (C=O) groups excluding carboxylic acids is 1. The van der Waals surface area contributed by atoms with Crippen molar-refractivity contribution in [1.82, 2.24) is 4.98 Å². The maximum absolute atomic E-state index is 12.2. The van der Waals surface area contributed by atoms with Crippen LogP contribution in [0.25, 0.3) is 0 Å². The van der Waals surface area contributed by atoms with Crippen LogP contribution in [0, 0.1) is 0 Å². The number of rotatable bonds is 3. The number of carbonyl (C=O) groups is 1. The fourth-order valence-corrected chi connectivity index (χ4v) is 3.11. The number of aromatic amines is 1. The SMILES string of the molecule is O=C(Nc1cccc(C2CCCCC2)c1)c1ccc[nH]c1=O. The summed E-state index contributed by atoms with van der Waals surface area (Å²) >= 11 is 0. The predicted octanol–water partition coefficient (Wildman–Crippen LogP) is 3.67. The molecule has 1 saturated carbocycles. The summed E-state index contributed by atoms with van der Waals surface area (Å²) < 4.78 is 0. The van der Waals surface area contributed by atoms with E-state index in [1.807, 2.05) is 18.2 Å². The Balaban J connectivity index is 1.76. The fourth-order valence-electron chi connectivity index (χ4n) is 3.11. The number of aromatic nitrogens is 1. The molecule has 0 aliphatic heterocycles. The van der Waals surface area contributed by atoms with Gasteiger partial charge in [0.15, 0.2) is 0 Å². The minimum absolute atomic E-state index is 0.130. The van der Waals surface area contributed by atoms with E-state index in [2.05, 4.69) is 16.4 Å². The van der Waals surface area contributed by atoms with Gasteiger partial charge in [-0.1, -0.05) is 31.4 Å². The van der Waals surface area contributed by atoms with Crippen molar-refractivity contribution in [2.24, 2.45) is 0 Å². The van der Waals surface area contributed by atoms with E-state index < -0.39 is 0 Å². The van der Waals surface area contributed by atoms with Crippen LogP contribution < -0.4 is 10.9 Å². The van der Waals surface area contributed by atoms with Gasteiger partial charge in [0, 0.05) is 11.9 Å². The van der Waals surface area contributed by atoms with E-state index in [1.54, 1.807) is 6.07 Å². The van der Waals surface area contributed by atoms with Gasteiger partial charge in [-0.15, -0.1) is 0 Å². The largest absolute Gasteiger partial charge is 0.328 e. The standard InChI is InChI=1S/C18H20N2O2/c21-17-16(10-5-11-19-17)18(22)20-15-9-4-8-14(12-15)13-6-2-1-3-7-13/h4-5,8-13H,1-3,6-7H2,(H,19,21)(H,20,22). The summed E-state index contributed by atoms with van der Waals surface area (Å²) in [4.78, 5) is 26.4. The van der Waals surface area contributed by atoms with Crippen molar-refractivity contribution < 1.29 is 4.79 Å². The number of benzene rings is 1. The van der Waals surface area contributed by atoms with Gasteiger partial charge in [0.2, 0.25) is 0 Å². The maximum Gasteiger partial charge on any atom is 0.261 e. The highest BCUT2D eigenvalue weighted by Gasteiger charge is 2.16. The van der Waals surface area contributed by atoms with E-state index in [-0.39, 0.29) is 17.0 Å². The van der Waals surface area contributed by atoms with E-state index >= 15 is 0 Å². The molecule has 1 aromatic heterocycles. The van der Waals surface area contributed by atoms with Crippen LogP contribution >= 0.6 is 0 Å². The molecule has 2 aromatic rings. The first-order chi connectivity index (χ1) is 10.7. The average molecular weight is 296 g/mol. The number of hydrogen-bond acceptors (Lipinski definition) is 2. The van der Waals surface area contributed by atoms with Gasteiger partial charge in [0.1, 0.15) is 5.56 Å². The monoisotopic (exact) mass is 296 g/mol. The van der Waals surface area contributed by atoms with E-state index in [9.17, 15) is 9.59 Å². The lowest BCUT2D eigenvalue weighted by molar-refractivity contribution is 0.102. The van der Waals surface area contributed by atoms with Crippen LogP contribution in [0.2, 0.25) is 0 Å². The van der Waals surface area contributed by atoms with Crippen LogP contribution in [0.15, 0.2) is 47.4 Å². The van der Waals surface area contributed by atoms with Gasteiger partial charge < -0.3 is 10.3 Å². The molecule has 1 aliphatic rings. The molecule has 0 radical (unpaired) electrons. The highest BCUT2D eigenvalue weighted by atomic mass is 16.2. The summed E-state index contributed by atoms with van der Waals surface area (Å²) in [6.45, 7) is 0. The van der Waals surface area contributed by atoms with Gasteiger partial charge in [0.05, 0.1) is 0 Å². The van der Waals surface area contributed by atoms with Crippen molar-refractivity contribution in [2.45, 2.75) is 38.0 Å². The molecule has 1 aliphatic carbocycles. The molecule has 1 fully saturated rings. The van der Waals surface area contributed by atoms with Crippen molar-refractivity contribution >= 4 is 11.6 Å². The lowest BCUT2D eigenvalue weighted by Gasteiger charge is -2.22. The Hall–Kier alpha value is -2.36. The molecule has 114 valence electrons. The zero-order valence-electron chi connectivity index (χ0n) is 12.5. The van der Waals surface area contributed by atoms with Gasteiger partial charge in [-0.05, 0) is 48.6 Å². The normalized spacial score (nSPS) is 15.5. The molecular weight excluding hydrogens is 276 g/mol. The van der Waals surface area contributed by atoms with Crippen LogP contribution in [0.1, 0.15) is 53.9 Å². The molecule has 1 amide bonds. The first-order valence-corrected chi connectivity index (χ1v) is 7.83. The Morgan fingerprint density at radius 1 is 1.09 bits per heavy atom. The molecule has 2 N–H and O–H groups in total. The van der Waals surface area contributed by atoms with Crippen LogP contribution in [0.3, 0.4) is 0 Å². The van der Waals surface area contributed by atoms with E-state index in [1.165, 1.54) is 49.9 Å². The molecule has 0 atom stereocenters. The Labute approximate surface area is 129 Å². The van der Waals surface area contributed by atoms with E-state index in [4.69, 9.17) is 0 Å². The Morgan fingerprint density at radius 2 is 1.91 bits per heavy atom. The van der Waals surface area contributed by atoms with Crippen molar-refractivity contribution in [1.29, 1.82) is 0 Å². The summed E-state index contributed by atoms with van der Waals surface area (Å²) in [5.41, 5.74) is 1.78. The van der Waals surface area contributed by atoms with Gasteiger partial charge in [-0.25, -0.2) is 0 Å². The first kappa shape index (κ1) is 14.6. The quantitative estimate of drug-likeness (QED) is 0.907. The lowest BCUT2D eigenvalue weighted by atomic mass is 9.84. The second-order valence-electron chi connectivity index (χ2n) is 5.83. The highest BCUT2D eigenvalue weighted by Crippen LogP contribution is 2.33. The van der Waals surface area contributed by atoms with E-state index in [0.717, 1.165) is 5.69 Å². The second-order valence-corrected chi connectivity index (χ2v) is 5.83. The van der Waals surface area contributed by atoms with Crippen LogP contribution in [-0.2, 0) is 0 Å². The van der Waals surface area contributed by atoms with Gasteiger partial charge >= 0.3 is 0 Å². The molecule has 4 heteroatoms. The molecular formula is C18H20N2O2. The molecule has 0 unspecified atom stereocenters. The number of anilines is 1. The van der Waals surface area contributed by atoms with Gasteiger partial charge in [0.25, 0.3) is 11.5 Å². The highest BCUT2D eigenvalue weighted by molar-refractivity contribution is 6.03. The summed E-state index contributed by atoms with van der Waals surface area (Å²) in [5, 5.41) is 2.82. The second kappa shape index (κ2) is 6.60. The Kier molecular flexibility index (Phi) is 4.37. The predicted molar refractivity (Wildman–Crippen MR) is 87.3 cm³/mol. The number of nitrogens with one attached hydrogen (secondary N) is 2. The Bertz CT molecular complexity index is 715. The smallest absolute Gasteiger partial charge is 0.261 e. The minimum atomic E-state index is -0.373. The van der Waals surface area contributed by atoms with Crippen LogP contribution in [0.4, 0.5) is 5.69 Å². The number of H-pyrrole nitrogens is 1. The maximum atomic E-state index is 12.2. The summed E-state index contributed by atoms with van der Waals surface area (Å²) in [6.07, 6.45) is 7.83. The average Bonchev–Trinajstić information content (AvgIpc) is 2.56. The number of amides is 1. The van der Waals surface area contributed by atoms with Gasteiger partial charge in [-0.2, -0.15) is 0 Å². The molecule has 1 aromatic carbocycles. The third-order valence-corrected chi connectivity index (χ3v) is 4.28.